The van der Waals surface area contributed by atoms with Gasteiger partial charge < -0.3 is 0 Å². The van der Waals surface area contributed by atoms with E-state index in [9.17, 15) is 0 Å². The maximum Gasteiger partial charge on any atom is -0.0500 e. The van der Waals surface area contributed by atoms with Gasteiger partial charge in [-0.05, 0) is 0 Å². The summed E-state index contributed by atoms with van der Waals surface area (Å²) in [6, 6.07) is 0. The van der Waals surface area contributed by atoms with Gasteiger partial charge in [-0.15, -0.1) is 27.7 Å². The van der Waals surface area contributed by atoms with E-state index in [1.807, 2.05) is 20.0 Å². The van der Waals surface area contributed by atoms with Crippen molar-refractivity contribution in [2.75, 3.05) is 20.0 Å². The van der Waals surface area contributed by atoms with Crippen LogP contribution in [0.2, 0.25) is 0 Å². The molecule has 0 N–H and O–H groups in total. The van der Waals surface area contributed by atoms with Gasteiger partial charge in [0.1, 0.15) is 0 Å². The van der Waals surface area contributed by atoms with Gasteiger partial charge in [-0.2, -0.15) is 0 Å². The van der Waals surface area contributed by atoms with Crippen molar-refractivity contribution in [3.8, 4) is 0 Å². The molecule has 0 aliphatic carbocycles. The molecule has 0 radical (unpaired) electrons. The monoisotopic (exact) mass is 144 g/mol. The molecule has 0 heterocycles. The molecule has 42 valence electrons. The van der Waals surface area contributed by atoms with Crippen molar-refractivity contribution in [3.63, 3.8) is 0 Å². The Labute approximate surface area is 48.5 Å². The predicted octanol–water partition coefficient (Wildman–Crippen LogP) is 1.47. The molecule has 0 aromatic rings. The van der Waals surface area contributed by atoms with Crippen LogP contribution in [-0.2, 0) is 0 Å². The van der Waals surface area contributed by atoms with E-state index < -0.39 is 0 Å². The summed E-state index contributed by atoms with van der Waals surface area (Å²) >= 11 is 0. The summed E-state index contributed by atoms with van der Waals surface area (Å²) in [5.41, 5.74) is 0. The Morgan fingerprint density at radius 3 is 0.500 bits per heavy atom. The maximum atomic E-state index is 2.42. The van der Waals surface area contributed by atoms with Gasteiger partial charge in [0.2, 0.25) is 0 Å². The van der Waals surface area contributed by atoms with Crippen LogP contribution in [-0.4, -0.2) is 20.0 Å². The highest BCUT2D eigenvalue weighted by Gasteiger charge is 0.910. The van der Waals surface area contributed by atoms with Crippen LogP contribution in [0.1, 0.15) is 0 Å². The lowest BCUT2D eigenvalue weighted by atomic mass is 12.0. The molecule has 0 saturated carbocycles. The molecular formula is C3H15P3. The summed E-state index contributed by atoms with van der Waals surface area (Å²) in [5, 5.41) is 0. The average molecular weight is 144 g/mol. The van der Waals surface area contributed by atoms with Crippen LogP contribution in [0.4, 0.5) is 0 Å². The lowest BCUT2D eigenvalue weighted by Gasteiger charge is -1.10. The van der Waals surface area contributed by atoms with Crippen molar-refractivity contribution in [1.82, 2.24) is 0 Å². The molecule has 0 aliphatic rings. The Hall–Kier alpha value is 1.29. The third kappa shape index (κ3) is 58.5. The van der Waals surface area contributed by atoms with Crippen molar-refractivity contribution in [2.45, 2.75) is 0 Å². The summed E-state index contributed by atoms with van der Waals surface area (Å²) < 4.78 is 0. The van der Waals surface area contributed by atoms with E-state index in [0.29, 0.717) is 0 Å². The Balaban J connectivity index is -0.0000000225. The van der Waals surface area contributed by atoms with Crippen LogP contribution in [0.15, 0.2) is 0 Å². The molecule has 0 aromatic carbocycles. The van der Waals surface area contributed by atoms with Gasteiger partial charge in [-0.3, -0.25) is 0 Å². The first-order valence-electron chi connectivity index (χ1n) is 1.73. The summed E-state index contributed by atoms with van der Waals surface area (Å²) in [6.45, 7) is 5.75. The highest BCUT2D eigenvalue weighted by Crippen LogP contribution is 1.47. The largest absolute Gasteiger partial charge is 0.141 e. The second-order valence-electron chi connectivity index (χ2n) is 0. The van der Waals surface area contributed by atoms with Gasteiger partial charge in [0.15, 0.2) is 0 Å². The summed E-state index contributed by atoms with van der Waals surface area (Å²) in [5.74, 6) is 0. The summed E-state index contributed by atoms with van der Waals surface area (Å²) in [4.78, 5) is 0. The third-order valence-corrected chi connectivity index (χ3v) is 0. The smallest absolute Gasteiger partial charge is 0.0500 e. The number of hydrogen-bond donors (Lipinski definition) is 0. The second-order valence-corrected chi connectivity index (χ2v) is 0. The van der Waals surface area contributed by atoms with Gasteiger partial charge in [0.05, 0.1) is 0 Å². The molecule has 0 fully saturated rings. The molecule has 0 spiro atoms. The molecule has 0 aliphatic heterocycles. The van der Waals surface area contributed by atoms with Crippen molar-refractivity contribution in [3.05, 3.63) is 0 Å². The molecule has 0 aromatic heterocycles. The Morgan fingerprint density at radius 2 is 0.500 bits per heavy atom. The molecule has 0 saturated heterocycles. The molecule has 0 amide bonds. The van der Waals surface area contributed by atoms with Crippen LogP contribution in [0.5, 0.6) is 0 Å². The first-order valence-corrected chi connectivity index (χ1v) is 5.20. The topological polar surface area (TPSA) is 0 Å². The minimum absolute atomic E-state index is 1.92. The average Bonchev–Trinajstić information content (AvgIpc) is 1.81. The number of rotatable bonds is 0. The fraction of sp³-hybridized carbons (Fsp3) is 1.00. The molecule has 0 bridgehead atoms. The molecular weight excluding hydrogens is 129 g/mol. The van der Waals surface area contributed by atoms with Crippen molar-refractivity contribution in [1.29, 1.82) is 0 Å². The molecule has 3 heteroatoms. The normalized spacial score (nSPS) is 3.00. The lowest BCUT2D eigenvalue weighted by Crippen LogP contribution is -0.804. The Kier molecular flexibility index (Phi) is 276. The first-order chi connectivity index (χ1) is 3.00. The molecule has 6 heavy (non-hydrogen) atoms. The van der Waals surface area contributed by atoms with Crippen LogP contribution in [0.25, 0.3) is 0 Å². The van der Waals surface area contributed by atoms with E-state index in [1.54, 1.807) is 0 Å². The van der Waals surface area contributed by atoms with Gasteiger partial charge in [-0.25, -0.2) is 0 Å². The van der Waals surface area contributed by atoms with Gasteiger partial charge >= 0.3 is 0 Å². The van der Waals surface area contributed by atoms with Crippen LogP contribution in [0.3, 0.4) is 0 Å². The minimum atomic E-state index is 1.92. The van der Waals surface area contributed by atoms with Crippen molar-refractivity contribution in [2.24, 2.45) is 0 Å². The maximum absolute atomic E-state index is 2.42. The Bertz CT molecular complexity index is 6.00. The van der Waals surface area contributed by atoms with Gasteiger partial charge in [-0.1, -0.05) is 20.0 Å². The fourth-order valence-electron chi connectivity index (χ4n) is 0. The SMILES string of the molecule is CP.CP.CP. The zero-order chi connectivity index (χ0) is 6.00. The minimum Gasteiger partial charge on any atom is -0.141 e. The predicted molar refractivity (Wildman–Crippen MR) is 46.9 cm³/mol. The molecule has 0 rings (SSSR count). The van der Waals surface area contributed by atoms with E-state index in [1.165, 1.54) is 0 Å². The number of hydrogen-bond acceptors (Lipinski definition) is 0. The van der Waals surface area contributed by atoms with E-state index in [0.717, 1.165) is 0 Å². The second kappa shape index (κ2) is 106. The first kappa shape index (κ1) is 15.7. The highest BCUT2D eigenvalue weighted by molar-refractivity contribution is 7.15. The summed E-state index contributed by atoms with van der Waals surface area (Å²) in [6.07, 6.45) is 0. The van der Waals surface area contributed by atoms with Crippen LogP contribution < -0.4 is 0 Å². The van der Waals surface area contributed by atoms with Gasteiger partial charge in [0, 0.05) is 0 Å². The standard InChI is InChI=1S/3CH5P/c3*1-2/h3*2H2,1H3. The third-order valence-electron chi connectivity index (χ3n) is 0. The quantitative estimate of drug-likeness (QED) is 0.451. The van der Waals surface area contributed by atoms with E-state index in [-0.39, 0.29) is 0 Å². The molecule has 3 atom stereocenters. The van der Waals surface area contributed by atoms with E-state index >= 15 is 0 Å². The van der Waals surface area contributed by atoms with E-state index in [4.69, 9.17) is 0 Å². The van der Waals surface area contributed by atoms with E-state index in [2.05, 4.69) is 27.7 Å². The van der Waals surface area contributed by atoms with Gasteiger partial charge in [0.25, 0.3) is 0 Å². The molecule has 3 unspecified atom stereocenters. The lowest BCUT2D eigenvalue weighted by molar-refractivity contribution is 2.52. The van der Waals surface area contributed by atoms with Crippen molar-refractivity contribution >= 4 is 27.7 Å². The zero-order valence-corrected chi connectivity index (χ0v) is 8.20. The highest BCUT2D eigenvalue weighted by atomic mass is 31.0. The Morgan fingerprint density at radius 1 is 0.500 bits per heavy atom. The zero-order valence-electron chi connectivity index (χ0n) is 4.73. The molecule has 0 nitrogen and oxygen atoms in total. The van der Waals surface area contributed by atoms with Crippen molar-refractivity contribution < 1.29 is 0 Å². The summed E-state index contributed by atoms with van der Waals surface area (Å²) in [7, 11) is 7.25. The van der Waals surface area contributed by atoms with Crippen LogP contribution >= 0.6 is 27.7 Å². The fourth-order valence-corrected chi connectivity index (χ4v) is 0. The van der Waals surface area contributed by atoms with Crippen LogP contribution in [0, 0.1) is 0 Å².